The molecule has 16 heavy (non-hydrogen) atoms. The minimum Gasteiger partial charge on any atom is -0.360 e. The predicted octanol–water partition coefficient (Wildman–Crippen LogP) is 4.13. The van der Waals surface area contributed by atoms with Crippen molar-refractivity contribution in [3.05, 3.63) is 34.4 Å². The molecule has 1 N–H and O–H groups in total. The Bertz CT molecular complexity index is 521. The van der Waals surface area contributed by atoms with Crippen molar-refractivity contribution < 1.29 is 4.79 Å². The van der Waals surface area contributed by atoms with Crippen LogP contribution in [0.5, 0.6) is 0 Å². The minimum atomic E-state index is 0.144. The average Bonchev–Trinajstić information content (AvgIpc) is 2.68. The normalized spacial score (nSPS) is 10.9. The molecular weight excluding hydrogens is 289 g/mol. The molecule has 0 aliphatic heterocycles. The molecule has 4 heteroatoms. The largest absolute Gasteiger partial charge is 0.360 e. The number of aromatic amines is 1. The number of halogens is 2. The monoisotopic (exact) mass is 299 g/mol. The molecule has 2 nitrogen and oxygen atoms in total. The minimum absolute atomic E-state index is 0.144. The van der Waals surface area contributed by atoms with E-state index >= 15 is 0 Å². The molecule has 0 aliphatic rings. The smallest absolute Gasteiger partial charge is 0.165 e. The molecule has 0 saturated heterocycles. The fourth-order valence-electron chi connectivity index (χ4n) is 1.69. The number of alkyl halides is 1. The zero-order valence-corrected chi connectivity index (χ0v) is 10.9. The van der Waals surface area contributed by atoms with Crippen molar-refractivity contribution in [2.75, 3.05) is 5.88 Å². The SMILES string of the molecule is O=C(CCCCl)c1c[nH]c2ccc(Br)cc12. The lowest BCUT2D eigenvalue weighted by Gasteiger charge is -1.98. The van der Waals surface area contributed by atoms with Crippen LogP contribution in [0.15, 0.2) is 28.9 Å². The van der Waals surface area contributed by atoms with Crippen molar-refractivity contribution >= 4 is 44.2 Å². The number of H-pyrrole nitrogens is 1. The Hall–Kier alpha value is -0.800. The number of benzene rings is 1. The van der Waals surface area contributed by atoms with E-state index in [-0.39, 0.29) is 5.78 Å². The van der Waals surface area contributed by atoms with Gasteiger partial charge >= 0.3 is 0 Å². The van der Waals surface area contributed by atoms with Gasteiger partial charge in [0.2, 0.25) is 0 Å². The number of hydrogen-bond acceptors (Lipinski definition) is 1. The number of hydrogen-bond donors (Lipinski definition) is 1. The third-order valence-corrected chi connectivity index (χ3v) is 3.24. The van der Waals surface area contributed by atoms with Gasteiger partial charge in [0.05, 0.1) is 0 Å². The summed E-state index contributed by atoms with van der Waals surface area (Å²) < 4.78 is 0.978. The second-order valence-corrected chi connectivity index (χ2v) is 4.90. The molecule has 0 spiro atoms. The van der Waals surface area contributed by atoms with Crippen molar-refractivity contribution in [2.45, 2.75) is 12.8 Å². The summed E-state index contributed by atoms with van der Waals surface area (Å²) in [7, 11) is 0. The maximum atomic E-state index is 11.9. The summed E-state index contributed by atoms with van der Waals surface area (Å²) in [6.07, 6.45) is 3.00. The van der Waals surface area contributed by atoms with Crippen molar-refractivity contribution in [1.29, 1.82) is 0 Å². The van der Waals surface area contributed by atoms with Gasteiger partial charge in [0, 0.05) is 39.4 Å². The summed E-state index contributed by atoms with van der Waals surface area (Å²) in [6.45, 7) is 0. The highest BCUT2D eigenvalue weighted by Crippen LogP contribution is 2.23. The number of rotatable bonds is 4. The van der Waals surface area contributed by atoms with Crippen molar-refractivity contribution in [1.82, 2.24) is 4.98 Å². The van der Waals surface area contributed by atoms with Crippen LogP contribution in [0.4, 0.5) is 0 Å². The Balaban J connectivity index is 2.37. The highest BCUT2D eigenvalue weighted by atomic mass is 79.9. The summed E-state index contributed by atoms with van der Waals surface area (Å²) in [4.78, 5) is 15.0. The molecule has 0 bridgehead atoms. The summed E-state index contributed by atoms with van der Waals surface area (Å²) in [5, 5.41) is 0.967. The van der Waals surface area contributed by atoms with Crippen LogP contribution in [0.1, 0.15) is 23.2 Å². The summed E-state index contributed by atoms with van der Waals surface area (Å²) >= 11 is 8.99. The van der Waals surface area contributed by atoms with Crippen LogP contribution in [0.3, 0.4) is 0 Å². The van der Waals surface area contributed by atoms with Crippen molar-refractivity contribution in [3.8, 4) is 0 Å². The number of carbonyl (C=O) groups excluding carboxylic acids is 1. The summed E-state index contributed by atoms with van der Waals surface area (Å²) in [6, 6.07) is 5.86. The van der Waals surface area contributed by atoms with E-state index in [0.29, 0.717) is 12.3 Å². The summed E-state index contributed by atoms with van der Waals surface area (Å²) in [5.74, 6) is 0.669. The average molecular weight is 301 g/mol. The molecule has 0 saturated carbocycles. The van der Waals surface area contributed by atoms with Gasteiger partial charge in [0.15, 0.2) is 5.78 Å². The lowest BCUT2D eigenvalue weighted by molar-refractivity contribution is 0.0983. The molecule has 1 aromatic carbocycles. The van der Waals surface area contributed by atoms with E-state index in [2.05, 4.69) is 20.9 Å². The highest BCUT2D eigenvalue weighted by Gasteiger charge is 2.11. The Kier molecular flexibility index (Phi) is 3.66. The molecule has 2 aromatic rings. The second-order valence-electron chi connectivity index (χ2n) is 3.61. The molecule has 0 aliphatic carbocycles. The predicted molar refractivity (Wildman–Crippen MR) is 70.3 cm³/mol. The molecule has 0 amide bonds. The number of fused-ring (bicyclic) bond motifs is 1. The number of nitrogens with one attached hydrogen (secondary N) is 1. The maximum absolute atomic E-state index is 11.9. The van der Waals surface area contributed by atoms with Crippen LogP contribution in [-0.4, -0.2) is 16.6 Å². The van der Waals surface area contributed by atoms with E-state index in [1.807, 2.05) is 18.2 Å². The Labute approximate surface area is 107 Å². The van der Waals surface area contributed by atoms with Crippen LogP contribution < -0.4 is 0 Å². The van der Waals surface area contributed by atoms with Gasteiger partial charge in [-0.2, -0.15) is 0 Å². The van der Waals surface area contributed by atoms with Gasteiger partial charge in [-0.15, -0.1) is 11.6 Å². The second kappa shape index (κ2) is 5.02. The van der Waals surface area contributed by atoms with Crippen LogP contribution in [0.25, 0.3) is 10.9 Å². The van der Waals surface area contributed by atoms with E-state index in [1.165, 1.54) is 0 Å². The molecule has 0 fully saturated rings. The fourth-order valence-corrected chi connectivity index (χ4v) is 2.18. The molecule has 0 radical (unpaired) electrons. The van der Waals surface area contributed by atoms with Crippen molar-refractivity contribution in [2.24, 2.45) is 0 Å². The fraction of sp³-hybridized carbons (Fsp3) is 0.250. The molecule has 2 rings (SSSR count). The molecule has 84 valence electrons. The third kappa shape index (κ3) is 2.30. The standard InChI is InChI=1S/C12H11BrClNO/c13-8-3-4-11-9(6-8)10(7-15-11)12(16)2-1-5-14/h3-4,6-7,15H,1-2,5H2. The maximum Gasteiger partial charge on any atom is 0.165 e. The van der Waals surface area contributed by atoms with Crippen LogP contribution >= 0.6 is 27.5 Å². The number of carbonyl (C=O) groups is 1. The number of Topliss-reactive ketones (excluding diaryl/α,β-unsaturated/α-hetero) is 1. The van der Waals surface area contributed by atoms with Gasteiger partial charge < -0.3 is 4.98 Å². The number of ketones is 1. The molecular formula is C12H11BrClNO. The first kappa shape index (κ1) is 11.7. The van der Waals surface area contributed by atoms with Gasteiger partial charge in [-0.1, -0.05) is 15.9 Å². The van der Waals surface area contributed by atoms with Gasteiger partial charge in [-0.25, -0.2) is 0 Å². The zero-order chi connectivity index (χ0) is 11.5. The molecule has 1 heterocycles. The third-order valence-electron chi connectivity index (χ3n) is 2.48. The van der Waals surface area contributed by atoms with Crippen LogP contribution in [-0.2, 0) is 0 Å². The molecule has 0 unspecified atom stereocenters. The van der Waals surface area contributed by atoms with Gasteiger partial charge in [-0.3, -0.25) is 4.79 Å². The highest BCUT2D eigenvalue weighted by molar-refractivity contribution is 9.10. The first-order chi connectivity index (χ1) is 7.72. The van der Waals surface area contributed by atoms with E-state index in [4.69, 9.17) is 11.6 Å². The van der Waals surface area contributed by atoms with Crippen LogP contribution in [0, 0.1) is 0 Å². The van der Waals surface area contributed by atoms with E-state index < -0.39 is 0 Å². The lowest BCUT2D eigenvalue weighted by Crippen LogP contribution is -1.97. The Morgan fingerprint density at radius 2 is 2.25 bits per heavy atom. The van der Waals surface area contributed by atoms with Gasteiger partial charge in [0.25, 0.3) is 0 Å². The van der Waals surface area contributed by atoms with Gasteiger partial charge in [0.1, 0.15) is 0 Å². The lowest BCUT2D eigenvalue weighted by atomic mass is 10.1. The molecule has 1 aromatic heterocycles. The molecule has 0 atom stereocenters. The topological polar surface area (TPSA) is 32.9 Å². The summed E-state index contributed by atoms with van der Waals surface area (Å²) in [5.41, 5.74) is 1.74. The first-order valence-corrected chi connectivity index (χ1v) is 6.41. The Morgan fingerprint density at radius 1 is 1.44 bits per heavy atom. The van der Waals surface area contributed by atoms with E-state index in [0.717, 1.165) is 27.4 Å². The zero-order valence-electron chi connectivity index (χ0n) is 8.59. The Morgan fingerprint density at radius 3 is 3.00 bits per heavy atom. The number of aromatic nitrogens is 1. The quantitative estimate of drug-likeness (QED) is 0.668. The van der Waals surface area contributed by atoms with E-state index in [1.54, 1.807) is 6.20 Å². The van der Waals surface area contributed by atoms with Gasteiger partial charge in [-0.05, 0) is 24.6 Å². The van der Waals surface area contributed by atoms with Crippen molar-refractivity contribution in [3.63, 3.8) is 0 Å². The van der Waals surface area contributed by atoms with E-state index in [9.17, 15) is 4.79 Å². The first-order valence-electron chi connectivity index (χ1n) is 5.08. The van der Waals surface area contributed by atoms with Crippen LogP contribution in [0.2, 0.25) is 0 Å².